The molecule has 1 N–H and O–H groups in total. The molecule has 2 saturated heterocycles. The lowest BCUT2D eigenvalue weighted by Gasteiger charge is -2.44. The minimum Gasteiger partial charge on any atom is -0.394 e. The molecule has 0 unspecified atom stereocenters. The van der Waals surface area contributed by atoms with Crippen LogP contribution in [0, 0.1) is 0 Å². The Kier molecular flexibility index (Phi) is 5.59. The standard InChI is InChI=1S/C14H28N2O3/c1-13-11-19-10-7-16(13)6-5-15(2)14(12-17)3-8-18-9-4-14/h13,17H,3-12H2,1-2H3/t13-/m0/s1. The van der Waals surface area contributed by atoms with Crippen LogP contribution in [0.1, 0.15) is 19.8 Å². The maximum Gasteiger partial charge on any atom is 0.0619 e. The van der Waals surface area contributed by atoms with Gasteiger partial charge in [-0.25, -0.2) is 0 Å². The van der Waals surface area contributed by atoms with Crippen LogP contribution in [0.3, 0.4) is 0 Å². The molecule has 0 spiro atoms. The largest absolute Gasteiger partial charge is 0.394 e. The second-order valence-corrected chi connectivity index (χ2v) is 5.88. The lowest BCUT2D eigenvalue weighted by Crippen LogP contribution is -2.56. The van der Waals surface area contributed by atoms with Crippen LogP contribution in [0.2, 0.25) is 0 Å². The van der Waals surface area contributed by atoms with Crippen LogP contribution in [-0.4, -0.2) is 86.2 Å². The summed E-state index contributed by atoms with van der Waals surface area (Å²) in [5.74, 6) is 0. The van der Waals surface area contributed by atoms with Gasteiger partial charge in [0, 0.05) is 44.4 Å². The van der Waals surface area contributed by atoms with Crippen molar-refractivity contribution in [2.24, 2.45) is 0 Å². The predicted molar refractivity (Wildman–Crippen MR) is 74.4 cm³/mol. The molecular weight excluding hydrogens is 244 g/mol. The first-order chi connectivity index (χ1) is 9.18. The summed E-state index contributed by atoms with van der Waals surface area (Å²) >= 11 is 0. The molecule has 2 aliphatic heterocycles. The highest BCUT2D eigenvalue weighted by Crippen LogP contribution is 2.26. The molecule has 0 aliphatic carbocycles. The van der Waals surface area contributed by atoms with E-state index in [2.05, 4.69) is 23.8 Å². The minimum absolute atomic E-state index is 0.0756. The van der Waals surface area contributed by atoms with Gasteiger partial charge in [-0.1, -0.05) is 0 Å². The summed E-state index contributed by atoms with van der Waals surface area (Å²) in [6.45, 7) is 8.70. The summed E-state index contributed by atoms with van der Waals surface area (Å²) in [4.78, 5) is 4.81. The Morgan fingerprint density at radius 1 is 1.26 bits per heavy atom. The zero-order valence-electron chi connectivity index (χ0n) is 12.3. The monoisotopic (exact) mass is 272 g/mol. The van der Waals surface area contributed by atoms with Gasteiger partial charge in [0.05, 0.1) is 19.8 Å². The third-order valence-corrected chi connectivity index (χ3v) is 4.76. The fourth-order valence-corrected chi connectivity index (χ4v) is 3.02. The van der Waals surface area contributed by atoms with Crippen molar-refractivity contribution in [1.29, 1.82) is 0 Å². The summed E-state index contributed by atoms with van der Waals surface area (Å²) in [7, 11) is 2.13. The minimum atomic E-state index is -0.0756. The molecule has 2 aliphatic rings. The Morgan fingerprint density at radius 3 is 2.63 bits per heavy atom. The molecular formula is C14H28N2O3. The van der Waals surface area contributed by atoms with Crippen molar-refractivity contribution in [2.45, 2.75) is 31.3 Å². The van der Waals surface area contributed by atoms with E-state index in [0.29, 0.717) is 6.04 Å². The predicted octanol–water partition coefficient (Wildman–Crippen LogP) is 0.180. The molecule has 19 heavy (non-hydrogen) atoms. The molecule has 2 rings (SSSR count). The average Bonchev–Trinajstić information content (AvgIpc) is 2.46. The second kappa shape index (κ2) is 6.99. The average molecular weight is 272 g/mol. The van der Waals surface area contributed by atoms with Crippen LogP contribution in [0.15, 0.2) is 0 Å². The van der Waals surface area contributed by atoms with Crippen LogP contribution in [-0.2, 0) is 9.47 Å². The summed E-state index contributed by atoms with van der Waals surface area (Å²) < 4.78 is 10.9. The van der Waals surface area contributed by atoms with Crippen LogP contribution >= 0.6 is 0 Å². The highest BCUT2D eigenvalue weighted by molar-refractivity contribution is 4.91. The van der Waals surface area contributed by atoms with E-state index < -0.39 is 0 Å². The van der Waals surface area contributed by atoms with Gasteiger partial charge in [0.15, 0.2) is 0 Å². The molecule has 0 aromatic carbocycles. The number of nitrogens with zero attached hydrogens (tertiary/aromatic N) is 2. The molecule has 0 saturated carbocycles. The van der Waals surface area contributed by atoms with E-state index in [9.17, 15) is 5.11 Å². The Hall–Kier alpha value is -0.200. The highest BCUT2D eigenvalue weighted by atomic mass is 16.5. The Morgan fingerprint density at radius 2 is 2.00 bits per heavy atom. The van der Waals surface area contributed by atoms with Gasteiger partial charge in [-0.05, 0) is 26.8 Å². The van der Waals surface area contributed by atoms with Crippen molar-refractivity contribution in [1.82, 2.24) is 9.80 Å². The Labute approximate surface area is 116 Å². The number of aliphatic hydroxyl groups excluding tert-OH is 1. The highest BCUT2D eigenvalue weighted by Gasteiger charge is 2.36. The fraction of sp³-hybridized carbons (Fsp3) is 1.00. The summed E-state index contributed by atoms with van der Waals surface area (Å²) in [5.41, 5.74) is -0.0756. The normalized spacial score (nSPS) is 28.7. The van der Waals surface area contributed by atoms with Crippen LogP contribution in [0.5, 0.6) is 0 Å². The molecule has 5 heteroatoms. The summed E-state index contributed by atoms with van der Waals surface area (Å²) in [6, 6.07) is 0.502. The zero-order valence-corrected chi connectivity index (χ0v) is 12.3. The molecule has 2 heterocycles. The van der Waals surface area contributed by atoms with Crippen molar-refractivity contribution < 1.29 is 14.6 Å². The third-order valence-electron chi connectivity index (χ3n) is 4.76. The van der Waals surface area contributed by atoms with E-state index in [1.165, 1.54) is 0 Å². The summed E-state index contributed by atoms with van der Waals surface area (Å²) in [6.07, 6.45) is 1.86. The van der Waals surface area contributed by atoms with Gasteiger partial charge in [-0.15, -0.1) is 0 Å². The third kappa shape index (κ3) is 3.67. The van der Waals surface area contributed by atoms with Crippen molar-refractivity contribution in [3.63, 3.8) is 0 Å². The number of morpholine rings is 1. The maximum absolute atomic E-state index is 9.77. The van der Waals surface area contributed by atoms with E-state index in [1.807, 2.05) is 0 Å². The van der Waals surface area contributed by atoms with Gasteiger partial charge < -0.3 is 14.6 Å². The van der Waals surface area contributed by atoms with Crippen LogP contribution in [0.25, 0.3) is 0 Å². The van der Waals surface area contributed by atoms with E-state index in [-0.39, 0.29) is 12.1 Å². The fourth-order valence-electron chi connectivity index (χ4n) is 3.02. The Bertz CT molecular complexity index is 269. The molecule has 112 valence electrons. The number of ether oxygens (including phenoxy) is 2. The van der Waals surface area contributed by atoms with Crippen molar-refractivity contribution >= 4 is 0 Å². The summed E-state index contributed by atoms with van der Waals surface area (Å²) in [5, 5.41) is 9.77. The van der Waals surface area contributed by atoms with Gasteiger partial charge in [-0.3, -0.25) is 9.80 Å². The van der Waals surface area contributed by atoms with Gasteiger partial charge in [-0.2, -0.15) is 0 Å². The van der Waals surface area contributed by atoms with Crippen molar-refractivity contribution in [3.8, 4) is 0 Å². The van der Waals surface area contributed by atoms with Crippen molar-refractivity contribution in [3.05, 3.63) is 0 Å². The number of aliphatic hydroxyl groups is 1. The van der Waals surface area contributed by atoms with Gasteiger partial charge in [0.25, 0.3) is 0 Å². The van der Waals surface area contributed by atoms with Crippen LogP contribution < -0.4 is 0 Å². The van der Waals surface area contributed by atoms with E-state index >= 15 is 0 Å². The maximum atomic E-state index is 9.77. The second-order valence-electron chi connectivity index (χ2n) is 5.88. The van der Waals surface area contributed by atoms with Gasteiger partial charge >= 0.3 is 0 Å². The first-order valence-electron chi connectivity index (χ1n) is 7.39. The van der Waals surface area contributed by atoms with Gasteiger partial charge in [0.1, 0.15) is 0 Å². The first kappa shape index (κ1) is 15.2. The molecule has 0 amide bonds. The van der Waals surface area contributed by atoms with E-state index in [1.54, 1.807) is 0 Å². The smallest absolute Gasteiger partial charge is 0.0619 e. The SMILES string of the molecule is C[C@H]1COCCN1CCN(C)C1(CO)CCOCC1. The topological polar surface area (TPSA) is 45.2 Å². The molecule has 0 aromatic rings. The number of hydrogen-bond donors (Lipinski definition) is 1. The number of likely N-dealkylation sites (N-methyl/N-ethyl adjacent to an activating group) is 1. The zero-order chi connectivity index (χ0) is 13.7. The number of hydrogen-bond acceptors (Lipinski definition) is 5. The molecule has 0 radical (unpaired) electrons. The molecule has 0 aromatic heterocycles. The molecule has 2 fully saturated rings. The number of rotatable bonds is 5. The van der Waals surface area contributed by atoms with E-state index in [0.717, 1.165) is 58.9 Å². The Balaban J connectivity index is 1.83. The molecule has 0 bridgehead atoms. The lowest BCUT2D eigenvalue weighted by molar-refractivity contribution is -0.0551. The molecule has 1 atom stereocenters. The van der Waals surface area contributed by atoms with E-state index in [4.69, 9.17) is 9.47 Å². The molecule has 5 nitrogen and oxygen atoms in total. The quantitative estimate of drug-likeness (QED) is 0.773. The lowest BCUT2D eigenvalue weighted by atomic mass is 9.89. The first-order valence-corrected chi connectivity index (χ1v) is 7.39. The van der Waals surface area contributed by atoms with Gasteiger partial charge in [0.2, 0.25) is 0 Å². The van der Waals surface area contributed by atoms with Crippen LogP contribution in [0.4, 0.5) is 0 Å². The van der Waals surface area contributed by atoms with Crippen molar-refractivity contribution in [2.75, 3.05) is 59.7 Å².